The molecule has 0 unspecified atom stereocenters. The topological polar surface area (TPSA) is 79.3 Å². The second-order valence-electron chi connectivity index (χ2n) is 3.32. The molecule has 0 atom stereocenters. The number of amides is 1. The van der Waals surface area contributed by atoms with E-state index in [9.17, 15) is 22.8 Å². The summed E-state index contributed by atoms with van der Waals surface area (Å²) in [5, 5.41) is 10.8. The maximum absolute atomic E-state index is 11.8. The van der Waals surface area contributed by atoms with Crippen molar-refractivity contribution in [3.8, 4) is 0 Å². The lowest BCUT2D eigenvalue weighted by Crippen LogP contribution is -2.37. The molecule has 1 amide bonds. The van der Waals surface area contributed by atoms with Crippen molar-refractivity contribution in [2.45, 2.75) is 19.5 Å². The predicted molar refractivity (Wildman–Crippen MR) is 56.6 cm³/mol. The van der Waals surface area contributed by atoms with Gasteiger partial charge >= 0.3 is 18.1 Å². The van der Waals surface area contributed by atoms with Gasteiger partial charge in [-0.05, 0) is 6.92 Å². The molecule has 1 heterocycles. The number of hydrogen-bond acceptors (Lipinski definition) is 4. The quantitative estimate of drug-likeness (QED) is 0.874. The van der Waals surface area contributed by atoms with Gasteiger partial charge in [-0.15, -0.1) is 11.3 Å². The first-order valence-electron chi connectivity index (χ1n) is 4.76. The SMILES string of the molecule is Cc1sc(CCNC(=O)C(F)(F)F)nc1C(=O)O. The summed E-state index contributed by atoms with van der Waals surface area (Å²) in [6.45, 7) is 1.31. The fourth-order valence-electron chi connectivity index (χ4n) is 1.14. The Bertz CT molecular complexity index is 470. The molecule has 0 bridgehead atoms. The summed E-state index contributed by atoms with van der Waals surface area (Å²) in [4.78, 5) is 25.4. The number of aryl methyl sites for hydroxylation is 1. The van der Waals surface area contributed by atoms with Crippen LogP contribution >= 0.6 is 11.3 Å². The Kier molecular flexibility index (Phi) is 4.28. The van der Waals surface area contributed by atoms with Gasteiger partial charge < -0.3 is 10.4 Å². The lowest BCUT2D eigenvalue weighted by Gasteiger charge is -2.06. The average Bonchev–Trinajstić information content (AvgIpc) is 2.58. The summed E-state index contributed by atoms with van der Waals surface area (Å²) in [6.07, 6.45) is -4.86. The van der Waals surface area contributed by atoms with Gasteiger partial charge in [-0.2, -0.15) is 13.2 Å². The minimum Gasteiger partial charge on any atom is -0.476 e. The van der Waals surface area contributed by atoms with Crippen LogP contribution in [0.15, 0.2) is 0 Å². The Labute approximate surface area is 104 Å². The third kappa shape index (κ3) is 3.69. The predicted octanol–water partition coefficient (Wildman–Crippen LogP) is 1.37. The van der Waals surface area contributed by atoms with Crippen molar-refractivity contribution in [2.75, 3.05) is 6.54 Å². The number of carbonyl (C=O) groups is 2. The summed E-state index contributed by atoms with van der Waals surface area (Å²) in [7, 11) is 0. The molecule has 1 rings (SSSR count). The number of nitrogens with zero attached hydrogens (tertiary/aromatic N) is 1. The van der Waals surface area contributed by atoms with Gasteiger partial charge in [0.05, 0.1) is 5.01 Å². The molecule has 2 N–H and O–H groups in total. The molecule has 18 heavy (non-hydrogen) atoms. The molecule has 0 saturated carbocycles. The van der Waals surface area contributed by atoms with E-state index in [1.807, 2.05) is 0 Å². The van der Waals surface area contributed by atoms with Crippen molar-refractivity contribution < 1.29 is 27.9 Å². The van der Waals surface area contributed by atoms with Crippen LogP contribution in [0.1, 0.15) is 20.4 Å². The molecule has 0 fully saturated rings. The standard InChI is InChI=1S/C9H9F3N2O3S/c1-4-6(7(15)16)14-5(18-4)2-3-13-8(17)9(10,11)12/h2-3H2,1H3,(H,13,17)(H,15,16). The third-order valence-electron chi connectivity index (χ3n) is 1.93. The number of carboxylic acid groups (broad SMARTS) is 1. The van der Waals surface area contributed by atoms with Gasteiger partial charge in [-0.1, -0.05) is 0 Å². The Morgan fingerprint density at radius 1 is 1.44 bits per heavy atom. The fourth-order valence-corrected chi connectivity index (χ4v) is 2.06. The number of aromatic nitrogens is 1. The van der Waals surface area contributed by atoms with E-state index in [-0.39, 0.29) is 18.7 Å². The highest BCUT2D eigenvalue weighted by atomic mass is 32.1. The molecule has 0 radical (unpaired) electrons. The first kappa shape index (κ1) is 14.4. The number of carboxylic acids is 1. The van der Waals surface area contributed by atoms with E-state index in [0.29, 0.717) is 9.88 Å². The molecule has 5 nitrogen and oxygen atoms in total. The van der Waals surface area contributed by atoms with Crippen LogP contribution < -0.4 is 5.32 Å². The van der Waals surface area contributed by atoms with E-state index >= 15 is 0 Å². The maximum Gasteiger partial charge on any atom is 0.471 e. The highest BCUT2D eigenvalue weighted by Gasteiger charge is 2.38. The molecule has 0 aliphatic heterocycles. The van der Waals surface area contributed by atoms with Crippen LogP contribution in [0.3, 0.4) is 0 Å². The van der Waals surface area contributed by atoms with Gasteiger partial charge in [0.25, 0.3) is 0 Å². The number of carbonyl (C=O) groups excluding carboxylic acids is 1. The second-order valence-corrected chi connectivity index (χ2v) is 4.61. The summed E-state index contributed by atoms with van der Waals surface area (Å²) in [5.41, 5.74) is -0.114. The summed E-state index contributed by atoms with van der Waals surface area (Å²) >= 11 is 1.08. The van der Waals surface area contributed by atoms with Gasteiger partial charge in [-0.3, -0.25) is 4.79 Å². The molecule has 0 aliphatic carbocycles. The molecule has 9 heteroatoms. The number of nitrogens with one attached hydrogen (secondary N) is 1. The first-order valence-corrected chi connectivity index (χ1v) is 5.58. The zero-order chi connectivity index (χ0) is 13.9. The van der Waals surface area contributed by atoms with E-state index in [1.54, 1.807) is 12.2 Å². The number of rotatable bonds is 4. The van der Waals surface area contributed by atoms with Crippen LogP contribution in [0, 0.1) is 6.92 Å². The normalized spacial score (nSPS) is 11.3. The van der Waals surface area contributed by atoms with Crippen LogP contribution in [0.5, 0.6) is 0 Å². The van der Waals surface area contributed by atoms with Gasteiger partial charge in [0, 0.05) is 17.8 Å². The minimum absolute atomic E-state index is 0.0562. The number of thiazole rings is 1. The van der Waals surface area contributed by atoms with Crippen molar-refractivity contribution >= 4 is 23.2 Å². The Hall–Kier alpha value is -1.64. The summed E-state index contributed by atoms with van der Waals surface area (Å²) in [6, 6.07) is 0. The van der Waals surface area contributed by atoms with E-state index in [4.69, 9.17) is 5.11 Å². The van der Waals surface area contributed by atoms with E-state index in [1.165, 1.54) is 0 Å². The molecular weight excluding hydrogens is 273 g/mol. The van der Waals surface area contributed by atoms with E-state index < -0.39 is 18.1 Å². The molecule has 1 aromatic heterocycles. The average molecular weight is 282 g/mol. The van der Waals surface area contributed by atoms with Crippen LogP contribution in [-0.2, 0) is 11.2 Å². The van der Waals surface area contributed by atoms with Crippen molar-refractivity contribution in [1.82, 2.24) is 10.3 Å². The number of aromatic carboxylic acids is 1. The second kappa shape index (κ2) is 5.34. The van der Waals surface area contributed by atoms with Crippen molar-refractivity contribution in [3.05, 3.63) is 15.6 Å². The molecular formula is C9H9F3N2O3S. The molecule has 1 aromatic rings. The third-order valence-corrected chi connectivity index (χ3v) is 2.96. The van der Waals surface area contributed by atoms with Gasteiger partial charge in [0.15, 0.2) is 5.69 Å². The number of hydrogen-bond donors (Lipinski definition) is 2. The van der Waals surface area contributed by atoms with Crippen LogP contribution in [0.4, 0.5) is 13.2 Å². The Balaban J connectivity index is 2.53. The van der Waals surface area contributed by atoms with Gasteiger partial charge in [-0.25, -0.2) is 9.78 Å². The highest BCUT2D eigenvalue weighted by Crippen LogP contribution is 2.18. The largest absolute Gasteiger partial charge is 0.476 e. The first-order chi connectivity index (χ1) is 8.21. The zero-order valence-electron chi connectivity index (χ0n) is 9.17. The number of alkyl halides is 3. The van der Waals surface area contributed by atoms with Gasteiger partial charge in [0.1, 0.15) is 0 Å². The van der Waals surface area contributed by atoms with Crippen molar-refractivity contribution in [2.24, 2.45) is 0 Å². The monoisotopic (exact) mass is 282 g/mol. The van der Waals surface area contributed by atoms with Gasteiger partial charge in [0.2, 0.25) is 0 Å². The van der Waals surface area contributed by atoms with E-state index in [2.05, 4.69) is 4.98 Å². The molecule has 100 valence electrons. The van der Waals surface area contributed by atoms with Crippen LogP contribution in [0.25, 0.3) is 0 Å². The lowest BCUT2D eigenvalue weighted by atomic mass is 10.4. The highest BCUT2D eigenvalue weighted by molar-refractivity contribution is 7.11. The van der Waals surface area contributed by atoms with Crippen molar-refractivity contribution in [3.63, 3.8) is 0 Å². The molecule has 0 spiro atoms. The smallest absolute Gasteiger partial charge is 0.471 e. The van der Waals surface area contributed by atoms with E-state index in [0.717, 1.165) is 11.3 Å². The van der Waals surface area contributed by atoms with Crippen LogP contribution in [0.2, 0.25) is 0 Å². The van der Waals surface area contributed by atoms with Crippen LogP contribution in [-0.4, -0.2) is 34.7 Å². The maximum atomic E-state index is 11.8. The van der Waals surface area contributed by atoms with Crippen molar-refractivity contribution in [1.29, 1.82) is 0 Å². The molecule has 0 saturated heterocycles. The summed E-state index contributed by atoms with van der Waals surface area (Å²) in [5.74, 6) is -3.21. The Morgan fingerprint density at radius 2 is 2.06 bits per heavy atom. The number of halogens is 3. The Morgan fingerprint density at radius 3 is 2.50 bits per heavy atom. The zero-order valence-corrected chi connectivity index (χ0v) is 9.98. The lowest BCUT2D eigenvalue weighted by molar-refractivity contribution is -0.173. The molecule has 0 aromatic carbocycles. The minimum atomic E-state index is -4.91. The molecule has 0 aliphatic rings. The fraction of sp³-hybridized carbons (Fsp3) is 0.444. The summed E-state index contributed by atoms with van der Waals surface area (Å²) < 4.78 is 35.5.